The van der Waals surface area contributed by atoms with E-state index in [9.17, 15) is 0 Å². The van der Waals surface area contributed by atoms with Gasteiger partial charge in [-0.15, -0.1) is 10.2 Å². The Morgan fingerprint density at radius 1 is 1.40 bits per heavy atom. The van der Waals surface area contributed by atoms with Crippen molar-refractivity contribution < 1.29 is 0 Å². The highest BCUT2D eigenvalue weighted by atomic mass is 32.2. The number of aromatic nitrogens is 4. The summed E-state index contributed by atoms with van der Waals surface area (Å²) < 4.78 is 0. The van der Waals surface area contributed by atoms with Crippen molar-refractivity contribution >= 4 is 11.8 Å². The van der Waals surface area contributed by atoms with E-state index in [2.05, 4.69) is 57.9 Å². The van der Waals surface area contributed by atoms with Crippen LogP contribution in [-0.2, 0) is 6.54 Å². The monoisotopic (exact) mass is 291 g/mol. The molecule has 0 radical (unpaired) electrons. The first kappa shape index (κ1) is 15.0. The maximum absolute atomic E-state index is 4.01. The predicted octanol–water partition coefficient (Wildman–Crippen LogP) is 2.44. The second-order valence-corrected chi connectivity index (χ2v) is 6.28. The van der Waals surface area contributed by atoms with E-state index in [4.69, 9.17) is 0 Å². The molecule has 1 atom stereocenters. The lowest BCUT2D eigenvalue weighted by molar-refractivity contribution is 0.322. The molecule has 5 nitrogen and oxygen atoms in total. The summed E-state index contributed by atoms with van der Waals surface area (Å²) in [6.45, 7) is 4.32. The topological polar surface area (TPSA) is 57.7 Å². The molecule has 6 heteroatoms. The maximum atomic E-state index is 4.01. The van der Waals surface area contributed by atoms with Crippen LogP contribution in [0.3, 0.4) is 0 Å². The van der Waals surface area contributed by atoms with E-state index in [0.717, 1.165) is 18.7 Å². The van der Waals surface area contributed by atoms with E-state index < -0.39 is 0 Å². The molecular formula is C14H21N5S. The molecule has 2 aromatic rings. The Morgan fingerprint density at radius 2 is 2.25 bits per heavy atom. The molecule has 0 spiro atoms. The van der Waals surface area contributed by atoms with Gasteiger partial charge >= 0.3 is 0 Å². The molecule has 0 aliphatic rings. The van der Waals surface area contributed by atoms with Gasteiger partial charge in [-0.2, -0.15) is 17.0 Å². The largest absolute Gasteiger partial charge is 0.302 e. The van der Waals surface area contributed by atoms with Crippen LogP contribution in [0.25, 0.3) is 11.4 Å². The number of tetrazole rings is 1. The van der Waals surface area contributed by atoms with Gasteiger partial charge < -0.3 is 4.90 Å². The van der Waals surface area contributed by atoms with Crippen molar-refractivity contribution in [2.75, 3.05) is 19.8 Å². The summed E-state index contributed by atoms with van der Waals surface area (Å²) in [5.41, 5.74) is 2.27. The minimum atomic E-state index is 0.644. The third kappa shape index (κ3) is 4.31. The molecule has 0 amide bonds. The van der Waals surface area contributed by atoms with Crippen LogP contribution in [0.5, 0.6) is 0 Å². The second kappa shape index (κ2) is 7.40. The molecule has 1 aromatic heterocycles. The summed E-state index contributed by atoms with van der Waals surface area (Å²) in [4.78, 5) is 2.35. The number of hydrogen-bond acceptors (Lipinski definition) is 5. The fraction of sp³-hybridized carbons (Fsp3) is 0.500. The normalized spacial score (nSPS) is 12.8. The van der Waals surface area contributed by atoms with Crippen molar-refractivity contribution in [2.24, 2.45) is 0 Å². The van der Waals surface area contributed by atoms with Gasteiger partial charge in [-0.3, -0.25) is 0 Å². The average Bonchev–Trinajstić information content (AvgIpc) is 2.99. The lowest BCUT2D eigenvalue weighted by atomic mass is 10.1. The van der Waals surface area contributed by atoms with E-state index in [1.165, 1.54) is 12.0 Å². The highest BCUT2D eigenvalue weighted by Gasteiger charge is 2.07. The predicted molar refractivity (Wildman–Crippen MR) is 83.5 cm³/mol. The van der Waals surface area contributed by atoms with Gasteiger partial charge in [0.25, 0.3) is 0 Å². The summed E-state index contributed by atoms with van der Waals surface area (Å²) in [6.07, 6.45) is 3.38. The van der Waals surface area contributed by atoms with Crippen molar-refractivity contribution in [2.45, 2.75) is 25.1 Å². The number of nitrogens with one attached hydrogen (secondary N) is 1. The Hall–Kier alpha value is -1.40. The molecule has 0 aliphatic heterocycles. The summed E-state index contributed by atoms with van der Waals surface area (Å²) >= 11 is 1.92. The Balaban J connectivity index is 1.94. The fourth-order valence-corrected chi connectivity index (χ4v) is 2.34. The van der Waals surface area contributed by atoms with E-state index in [1.54, 1.807) is 0 Å². The molecule has 0 saturated heterocycles. The van der Waals surface area contributed by atoms with Gasteiger partial charge in [-0.25, -0.2) is 0 Å². The van der Waals surface area contributed by atoms with Crippen molar-refractivity contribution in [1.29, 1.82) is 0 Å². The summed E-state index contributed by atoms with van der Waals surface area (Å²) in [7, 11) is 2.16. The zero-order valence-corrected chi connectivity index (χ0v) is 13.0. The molecule has 1 N–H and O–H groups in total. The molecule has 0 bridgehead atoms. The fourth-order valence-electron chi connectivity index (χ4n) is 2.00. The van der Waals surface area contributed by atoms with Gasteiger partial charge in [0.15, 0.2) is 0 Å². The first-order valence-corrected chi connectivity index (χ1v) is 8.02. The second-order valence-electron chi connectivity index (χ2n) is 5.01. The van der Waals surface area contributed by atoms with Crippen LogP contribution in [0.2, 0.25) is 0 Å². The van der Waals surface area contributed by atoms with Gasteiger partial charge in [0.05, 0.1) is 0 Å². The van der Waals surface area contributed by atoms with Crippen LogP contribution < -0.4 is 0 Å². The summed E-state index contributed by atoms with van der Waals surface area (Å²) in [5.74, 6) is 0.644. The molecule has 108 valence electrons. The van der Waals surface area contributed by atoms with Gasteiger partial charge in [0.1, 0.15) is 0 Å². The Bertz CT molecular complexity index is 514. The first-order chi connectivity index (χ1) is 9.69. The van der Waals surface area contributed by atoms with Gasteiger partial charge in [0, 0.05) is 17.4 Å². The lowest BCUT2D eigenvalue weighted by Gasteiger charge is -2.18. The number of nitrogens with zero attached hydrogens (tertiary/aromatic N) is 4. The highest BCUT2D eigenvalue weighted by Crippen LogP contribution is 2.16. The van der Waals surface area contributed by atoms with Gasteiger partial charge in [-0.1, -0.05) is 25.1 Å². The maximum Gasteiger partial charge on any atom is 0.204 e. The van der Waals surface area contributed by atoms with Crippen LogP contribution >= 0.6 is 11.8 Å². The smallest absolute Gasteiger partial charge is 0.204 e. The third-order valence-corrected chi connectivity index (χ3v) is 4.34. The summed E-state index contributed by atoms with van der Waals surface area (Å²) in [5, 5.41) is 14.8. The number of benzene rings is 1. The van der Waals surface area contributed by atoms with Crippen LogP contribution in [0.15, 0.2) is 24.3 Å². The number of hydrogen-bond donors (Lipinski definition) is 1. The molecule has 0 fully saturated rings. The molecule has 0 aliphatic carbocycles. The Kier molecular flexibility index (Phi) is 5.55. The lowest BCUT2D eigenvalue weighted by Crippen LogP contribution is -2.21. The Labute approximate surface area is 124 Å². The number of rotatable bonds is 7. The SMILES string of the molecule is CSC(C)CCN(C)Cc1cccc(-c2nn[nH]n2)c1. The molecule has 1 heterocycles. The van der Waals surface area contributed by atoms with Crippen LogP contribution in [0, 0.1) is 0 Å². The van der Waals surface area contributed by atoms with E-state index in [-0.39, 0.29) is 0 Å². The number of thioether (sulfide) groups is 1. The van der Waals surface area contributed by atoms with Crippen LogP contribution in [0.4, 0.5) is 0 Å². The van der Waals surface area contributed by atoms with Crippen molar-refractivity contribution in [3.05, 3.63) is 29.8 Å². The quantitative estimate of drug-likeness (QED) is 0.849. The number of aromatic amines is 1. The molecule has 1 unspecified atom stereocenters. The van der Waals surface area contributed by atoms with Crippen molar-refractivity contribution in [3.8, 4) is 11.4 Å². The minimum absolute atomic E-state index is 0.644. The standard InChI is InChI=1S/C14H21N5S/c1-11(20-3)7-8-19(2)10-12-5-4-6-13(9-12)14-15-17-18-16-14/h4-6,9,11H,7-8,10H2,1-3H3,(H,15,16,17,18). The van der Waals surface area contributed by atoms with Gasteiger partial charge in [-0.05, 0) is 43.1 Å². The molecule has 2 rings (SSSR count). The molecule has 20 heavy (non-hydrogen) atoms. The minimum Gasteiger partial charge on any atom is -0.302 e. The van der Waals surface area contributed by atoms with E-state index >= 15 is 0 Å². The van der Waals surface area contributed by atoms with Crippen molar-refractivity contribution in [1.82, 2.24) is 25.5 Å². The van der Waals surface area contributed by atoms with Gasteiger partial charge in [0.2, 0.25) is 5.82 Å². The van der Waals surface area contributed by atoms with E-state index in [1.807, 2.05) is 23.9 Å². The zero-order valence-electron chi connectivity index (χ0n) is 12.2. The molecule has 0 saturated carbocycles. The van der Waals surface area contributed by atoms with E-state index in [0.29, 0.717) is 11.1 Å². The van der Waals surface area contributed by atoms with Crippen LogP contribution in [-0.4, -0.2) is 50.6 Å². The van der Waals surface area contributed by atoms with Crippen molar-refractivity contribution in [3.63, 3.8) is 0 Å². The molecular weight excluding hydrogens is 270 g/mol. The first-order valence-electron chi connectivity index (χ1n) is 6.73. The highest BCUT2D eigenvalue weighted by molar-refractivity contribution is 7.99. The third-order valence-electron chi connectivity index (χ3n) is 3.30. The number of H-pyrrole nitrogens is 1. The Morgan fingerprint density at radius 3 is 2.95 bits per heavy atom. The average molecular weight is 291 g/mol. The zero-order chi connectivity index (χ0) is 14.4. The van der Waals surface area contributed by atoms with Crippen LogP contribution in [0.1, 0.15) is 18.9 Å². The summed E-state index contributed by atoms with van der Waals surface area (Å²) in [6, 6.07) is 8.31. The molecule has 1 aromatic carbocycles.